The normalized spacial score (nSPS) is 10.7. The molecule has 0 radical (unpaired) electrons. The molecule has 2 N–H and O–H groups in total. The Balaban J connectivity index is 1.39. The Morgan fingerprint density at radius 2 is 1.85 bits per heavy atom. The van der Waals surface area contributed by atoms with Crippen molar-refractivity contribution >= 4 is 22.8 Å². The van der Waals surface area contributed by atoms with E-state index in [1.807, 2.05) is 56.6 Å². The molecule has 0 atom stereocenters. The van der Waals surface area contributed by atoms with Crippen LogP contribution in [-0.4, -0.2) is 34.5 Å². The molecule has 0 unspecified atom stereocenters. The summed E-state index contributed by atoms with van der Waals surface area (Å²) in [6, 6.07) is 13.5. The van der Waals surface area contributed by atoms with Crippen molar-refractivity contribution in [2.24, 2.45) is 0 Å². The Morgan fingerprint density at radius 3 is 2.67 bits per heavy atom. The predicted molar refractivity (Wildman–Crippen MR) is 106 cm³/mol. The number of rotatable bonds is 7. The lowest BCUT2D eigenvalue weighted by atomic mass is 10.1. The number of amides is 2. The first kappa shape index (κ1) is 18.6. The Labute approximate surface area is 158 Å². The van der Waals surface area contributed by atoms with Gasteiger partial charge in [0.2, 0.25) is 5.91 Å². The van der Waals surface area contributed by atoms with Gasteiger partial charge in [0.05, 0.1) is 23.9 Å². The number of aryl methyl sites for hydroxylation is 3. The SMILES string of the molecule is Cc1ccc(C(=O)NCC(=O)NCCCn2cnc3ccccc32)cc1C. The van der Waals surface area contributed by atoms with Crippen LogP contribution in [0.3, 0.4) is 0 Å². The third-order valence-corrected chi connectivity index (χ3v) is 4.60. The molecule has 0 saturated heterocycles. The van der Waals surface area contributed by atoms with Crippen molar-refractivity contribution < 1.29 is 9.59 Å². The Hall–Kier alpha value is -3.15. The minimum absolute atomic E-state index is 0.0280. The van der Waals surface area contributed by atoms with E-state index in [2.05, 4.69) is 20.2 Å². The first-order valence-corrected chi connectivity index (χ1v) is 9.06. The highest BCUT2D eigenvalue weighted by Crippen LogP contribution is 2.12. The summed E-state index contributed by atoms with van der Waals surface area (Å²) in [7, 11) is 0. The quantitative estimate of drug-likeness (QED) is 0.633. The van der Waals surface area contributed by atoms with E-state index in [-0.39, 0.29) is 18.4 Å². The monoisotopic (exact) mass is 364 g/mol. The van der Waals surface area contributed by atoms with Gasteiger partial charge in [0.25, 0.3) is 5.91 Å². The number of carbonyl (C=O) groups excluding carboxylic acids is 2. The lowest BCUT2D eigenvalue weighted by Crippen LogP contribution is -2.37. The molecule has 0 bridgehead atoms. The van der Waals surface area contributed by atoms with E-state index in [0.717, 1.165) is 35.1 Å². The number of hydrogen-bond donors (Lipinski definition) is 2. The predicted octanol–water partition coefficient (Wildman–Crippen LogP) is 2.59. The van der Waals surface area contributed by atoms with Crippen molar-refractivity contribution in [3.8, 4) is 0 Å². The maximum atomic E-state index is 12.1. The summed E-state index contributed by atoms with van der Waals surface area (Å²) in [5.41, 5.74) is 4.81. The standard InChI is InChI=1S/C21H24N4O2/c1-15-8-9-17(12-16(15)2)21(27)23-13-20(26)22-10-5-11-25-14-24-18-6-3-4-7-19(18)25/h3-4,6-9,12,14H,5,10-11,13H2,1-2H3,(H,22,26)(H,23,27). The van der Waals surface area contributed by atoms with Crippen LogP contribution in [-0.2, 0) is 11.3 Å². The smallest absolute Gasteiger partial charge is 0.251 e. The van der Waals surface area contributed by atoms with Gasteiger partial charge in [0, 0.05) is 18.7 Å². The fourth-order valence-corrected chi connectivity index (χ4v) is 2.87. The average molecular weight is 364 g/mol. The Morgan fingerprint density at radius 1 is 1.04 bits per heavy atom. The van der Waals surface area contributed by atoms with Gasteiger partial charge in [0.15, 0.2) is 0 Å². The Bertz CT molecular complexity index is 962. The van der Waals surface area contributed by atoms with Crippen molar-refractivity contribution in [3.63, 3.8) is 0 Å². The maximum Gasteiger partial charge on any atom is 0.251 e. The van der Waals surface area contributed by atoms with E-state index >= 15 is 0 Å². The fourth-order valence-electron chi connectivity index (χ4n) is 2.87. The molecule has 1 heterocycles. The molecule has 6 heteroatoms. The highest BCUT2D eigenvalue weighted by Gasteiger charge is 2.09. The zero-order valence-electron chi connectivity index (χ0n) is 15.7. The van der Waals surface area contributed by atoms with Crippen molar-refractivity contribution in [3.05, 3.63) is 65.5 Å². The zero-order valence-corrected chi connectivity index (χ0v) is 15.7. The summed E-state index contributed by atoms with van der Waals surface area (Å²) in [6.07, 6.45) is 2.60. The number of para-hydroxylation sites is 2. The number of hydrogen-bond acceptors (Lipinski definition) is 3. The van der Waals surface area contributed by atoms with Crippen LogP contribution < -0.4 is 10.6 Å². The molecule has 0 saturated carbocycles. The van der Waals surface area contributed by atoms with E-state index in [9.17, 15) is 9.59 Å². The van der Waals surface area contributed by atoms with Gasteiger partial charge in [0.1, 0.15) is 0 Å². The second-order valence-electron chi connectivity index (χ2n) is 6.61. The van der Waals surface area contributed by atoms with E-state index in [1.54, 1.807) is 6.07 Å². The second-order valence-corrected chi connectivity index (χ2v) is 6.61. The van der Waals surface area contributed by atoms with Gasteiger partial charge in [-0.05, 0) is 55.7 Å². The number of carbonyl (C=O) groups is 2. The Kier molecular flexibility index (Phi) is 5.86. The summed E-state index contributed by atoms with van der Waals surface area (Å²) >= 11 is 0. The third-order valence-electron chi connectivity index (χ3n) is 4.60. The molecule has 3 aromatic rings. The van der Waals surface area contributed by atoms with E-state index in [0.29, 0.717) is 12.1 Å². The van der Waals surface area contributed by atoms with Gasteiger partial charge in [-0.25, -0.2) is 4.98 Å². The molecule has 2 amide bonds. The molecular formula is C21H24N4O2. The van der Waals surface area contributed by atoms with Gasteiger partial charge in [-0.3, -0.25) is 9.59 Å². The van der Waals surface area contributed by atoms with Crippen LogP contribution in [0.4, 0.5) is 0 Å². The average Bonchev–Trinajstić information content (AvgIpc) is 3.08. The molecule has 140 valence electrons. The first-order chi connectivity index (χ1) is 13.0. The lowest BCUT2D eigenvalue weighted by molar-refractivity contribution is -0.120. The van der Waals surface area contributed by atoms with E-state index in [1.165, 1.54) is 0 Å². The molecule has 1 aromatic heterocycles. The van der Waals surface area contributed by atoms with Crippen molar-refractivity contribution in [1.82, 2.24) is 20.2 Å². The number of nitrogens with one attached hydrogen (secondary N) is 2. The maximum absolute atomic E-state index is 12.1. The number of nitrogens with zero attached hydrogens (tertiary/aromatic N) is 2. The number of aromatic nitrogens is 2. The van der Waals surface area contributed by atoms with Gasteiger partial charge in [-0.2, -0.15) is 0 Å². The molecule has 6 nitrogen and oxygen atoms in total. The minimum atomic E-state index is -0.238. The summed E-state index contributed by atoms with van der Waals surface area (Å²) in [4.78, 5) is 28.4. The zero-order chi connectivity index (χ0) is 19.2. The van der Waals surface area contributed by atoms with Crippen LogP contribution in [0.1, 0.15) is 27.9 Å². The number of imidazole rings is 1. The summed E-state index contributed by atoms with van der Waals surface area (Å²) in [5.74, 6) is -0.430. The summed E-state index contributed by atoms with van der Waals surface area (Å²) in [6.45, 7) is 5.25. The molecule has 0 spiro atoms. The second kappa shape index (κ2) is 8.49. The number of fused-ring (bicyclic) bond motifs is 1. The van der Waals surface area contributed by atoms with Gasteiger partial charge >= 0.3 is 0 Å². The molecule has 3 rings (SSSR count). The summed E-state index contributed by atoms with van der Waals surface area (Å²) in [5, 5.41) is 5.49. The van der Waals surface area contributed by atoms with Crippen LogP contribution in [0.25, 0.3) is 11.0 Å². The van der Waals surface area contributed by atoms with E-state index < -0.39 is 0 Å². The molecule has 0 fully saturated rings. The van der Waals surface area contributed by atoms with Crippen molar-refractivity contribution in [2.75, 3.05) is 13.1 Å². The largest absolute Gasteiger partial charge is 0.355 e. The van der Waals surface area contributed by atoms with Crippen molar-refractivity contribution in [1.29, 1.82) is 0 Å². The van der Waals surface area contributed by atoms with Gasteiger partial charge in [-0.1, -0.05) is 18.2 Å². The first-order valence-electron chi connectivity index (χ1n) is 9.06. The highest BCUT2D eigenvalue weighted by molar-refractivity contribution is 5.96. The number of benzene rings is 2. The minimum Gasteiger partial charge on any atom is -0.355 e. The van der Waals surface area contributed by atoms with Crippen LogP contribution in [0.15, 0.2) is 48.8 Å². The molecule has 0 aliphatic heterocycles. The summed E-state index contributed by atoms with van der Waals surface area (Å²) < 4.78 is 2.07. The molecule has 0 aliphatic carbocycles. The third kappa shape index (κ3) is 4.73. The fraction of sp³-hybridized carbons (Fsp3) is 0.286. The molecule has 2 aromatic carbocycles. The van der Waals surface area contributed by atoms with Crippen molar-refractivity contribution in [2.45, 2.75) is 26.8 Å². The molecule has 0 aliphatic rings. The van der Waals surface area contributed by atoms with Crippen LogP contribution in [0, 0.1) is 13.8 Å². The van der Waals surface area contributed by atoms with E-state index in [4.69, 9.17) is 0 Å². The van der Waals surface area contributed by atoms with Crippen LogP contribution in [0.2, 0.25) is 0 Å². The lowest BCUT2D eigenvalue weighted by Gasteiger charge is -2.09. The van der Waals surface area contributed by atoms with Gasteiger partial charge < -0.3 is 15.2 Å². The molecular weight excluding hydrogens is 340 g/mol. The van der Waals surface area contributed by atoms with Crippen LogP contribution >= 0.6 is 0 Å². The molecule has 27 heavy (non-hydrogen) atoms. The highest BCUT2D eigenvalue weighted by atomic mass is 16.2. The topological polar surface area (TPSA) is 76.0 Å². The van der Waals surface area contributed by atoms with Gasteiger partial charge in [-0.15, -0.1) is 0 Å². The van der Waals surface area contributed by atoms with Crippen LogP contribution in [0.5, 0.6) is 0 Å².